The van der Waals surface area contributed by atoms with Gasteiger partial charge in [-0.1, -0.05) is 20.3 Å². The summed E-state index contributed by atoms with van der Waals surface area (Å²) in [4.78, 5) is 6.69. The van der Waals surface area contributed by atoms with Crippen LogP contribution in [-0.4, -0.2) is 24.4 Å². The predicted molar refractivity (Wildman–Crippen MR) is 69.7 cm³/mol. The highest BCUT2D eigenvalue weighted by atomic mass is 32.2. The van der Waals surface area contributed by atoms with E-state index in [0.29, 0.717) is 5.82 Å². The SMILES string of the molecule is Cc1ncc(S(=O)(=O)NC2CCCC(C)(C)C2)[nH]1. The Labute approximate surface area is 108 Å². The fourth-order valence-corrected chi connectivity index (χ4v) is 3.86. The van der Waals surface area contributed by atoms with Crippen molar-refractivity contribution in [2.24, 2.45) is 5.41 Å². The van der Waals surface area contributed by atoms with Crippen molar-refractivity contribution in [3.8, 4) is 0 Å². The van der Waals surface area contributed by atoms with Crippen molar-refractivity contribution in [3.63, 3.8) is 0 Å². The van der Waals surface area contributed by atoms with Gasteiger partial charge in [0, 0.05) is 6.04 Å². The number of hydrogen-bond donors (Lipinski definition) is 2. The zero-order chi connectivity index (χ0) is 13.4. The summed E-state index contributed by atoms with van der Waals surface area (Å²) in [7, 11) is -3.46. The molecule has 102 valence electrons. The smallest absolute Gasteiger partial charge is 0.257 e. The molecule has 1 aliphatic carbocycles. The Morgan fingerprint density at radius 1 is 1.50 bits per heavy atom. The summed E-state index contributed by atoms with van der Waals surface area (Å²) in [6, 6.07) is 0.0300. The van der Waals surface area contributed by atoms with Crippen LogP contribution in [0.15, 0.2) is 11.2 Å². The molecule has 0 aliphatic heterocycles. The molecule has 0 spiro atoms. The van der Waals surface area contributed by atoms with Crippen molar-refractivity contribution in [1.82, 2.24) is 14.7 Å². The molecule has 18 heavy (non-hydrogen) atoms. The number of hydrogen-bond acceptors (Lipinski definition) is 3. The van der Waals surface area contributed by atoms with Crippen LogP contribution in [0.2, 0.25) is 0 Å². The molecule has 1 aromatic rings. The lowest BCUT2D eigenvalue weighted by Gasteiger charge is -2.35. The molecule has 1 aromatic heterocycles. The molecule has 2 N–H and O–H groups in total. The van der Waals surface area contributed by atoms with Crippen molar-refractivity contribution < 1.29 is 8.42 Å². The quantitative estimate of drug-likeness (QED) is 0.882. The molecule has 0 bridgehead atoms. The molecule has 0 amide bonds. The summed E-state index contributed by atoms with van der Waals surface area (Å²) < 4.78 is 27.1. The van der Waals surface area contributed by atoms with Gasteiger partial charge in [0.2, 0.25) is 0 Å². The van der Waals surface area contributed by atoms with Crippen LogP contribution in [0.25, 0.3) is 0 Å². The van der Waals surface area contributed by atoms with E-state index in [1.54, 1.807) is 6.92 Å². The van der Waals surface area contributed by atoms with Crippen LogP contribution in [0.1, 0.15) is 45.4 Å². The van der Waals surface area contributed by atoms with Crippen molar-refractivity contribution in [2.75, 3.05) is 0 Å². The minimum atomic E-state index is -3.46. The van der Waals surface area contributed by atoms with Gasteiger partial charge in [-0.25, -0.2) is 18.1 Å². The third-order valence-corrected chi connectivity index (χ3v) is 4.93. The van der Waals surface area contributed by atoms with Gasteiger partial charge in [0.15, 0.2) is 5.03 Å². The molecule has 1 saturated carbocycles. The number of aryl methyl sites for hydroxylation is 1. The van der Waals surface area contributed by atoms with E-state index >= 15 is 0 Å². The standard InChI is InChI=1S/C12H21N3O2S/c1-9-13-8-11(14-9)18(16,17)15-10-5-4-6-12(2,3)7-10/h8,10,15H,4-7H2,1-3H3,(H,13,14). The van der Waals surface area contributed by atoms with Gasteiger partial charge in [-0.15, -0.1) is 0 Å². The molecule has 1 fully saturated rings. The van der Waals surface area contributed by atoms with E-state index in [2.05, 4.69) is 28.5 Å². The van der Waals surface area contributed by atoms with Crippen molar-refractivity contribution in [1.29, 1.82) is 0 Å². The Hall–Kier alpha value is -0.880. The Bertz CT molecular complexity index is 519. The first-order valence-corrected chi connectivity index (χ1v) is 7.81. The average Bonchev–Trinajstić information content (AvgIpc) is 2.63. The zero-order valence-corrected chi connectivity index (χ0v) is 12.0. The van der Waals surface area contributed by atoms with Gasteiger partial charge >= 0.3 is 0 Å². The van der Waals surface area contributed by atoms with Gasteiger partial charge in [-0.05, 0) is 31.6 Å². The molecule has 1 atom stereocenters. The van der Waals surface area contributed by atoms with Gasteiger partial charge in [0.1, 0.15) is 5.82 Å². The summed E-state index contributed by atoms with van der Waals surface area (Å²) in [5, 5.41) is 0.156. The summed E-state index contributed by atoms with van der Waals surface area (Å²) in [5.41, 5.74) is 0.218. The maximum atomic E-state index is 12.1. The van der Waals surface area contributed by atoms with E-state index in [9.17, 15) is 8.42 Å². The van der Waals surface area contributed by atoms with E-state index in [-0.39, 0.29) is 16.5 Å². The van der Waals surface area contributed by atoms with Crippen LogP contribution in [0.5, 0.6) is 0 Å². The monoisotopic (exact) mass is 271 g/mol. The van der Waals surface area contributed by atoms with Crippen LogP contribution in [-0.2, 0) is 10.0 Å². The fourth-order valence-electron chi connectivity index (χ4n) is 2.62. The minimum absolute atomic E-state index is 0.0300. The van der Waals surface area contributed by atoms with Crippen LogP contribution >= 0.6 is 0 Å². The van der Waals surface area contributed by atoms with Crippen LogP contribution in [0, 0.1) is 12.3 Å². The minimum Gasteiger partial charge on any atom is -0.332 e. The normalized spacial score (nSPS) is 24.1. The lowest BCUT2D eigenvalue weighted by molar-refractivity contribution is 0.212. The molecular weight excluding hydrogens is 250 g/mol. The molecular formula is C12H21N3O2S. The largest absolute Gasteiger partial charge is 0.332 e. The second-order valence-corrected chi connectivity index (χ2v) is 7.59. The number of rotatable bonds is 3. The van der Waals surface area contributed by atoms with E-state index in [0.717, 1.165) is 25.7 Å². The predicted octanol–water partition coefficient (Wildman–Crippen LogP) is 1.97. The summed E-state index contributed by atoms with van der Waals surface area (Å²) in [6.07, 6.45) is 5.40. The Morgan fingerprint density at radius 3 is 2.78 bits per heavy atom. The highest BCUT2D eigenvalue weighted by molar-refractivity contribution is 7.89. The highest BCUT2D eigenvalue weighted by Gasteiger charge is 2.31. The Morgan fingerprint density at radius 2 is 2.22 bits per heavy atom. The Balaban J connectivity index is 2.09. The number of aromatic nitrogens is 2. The highest BCUT2D eigenvalue weighted by Crippen LogP contribution is 2.35. The lowest BCUT2D eigenvalue weighted by Crippen LogP contribution is -2.40. The number of imidazole rings is 1. The second-order valence-electron chi connectivity index (χ2n) is 5.91. The molecule has 1 unspecified atom stereocenters. The molecule has 1 aliphatic rings. The fraction of sp³-hybridized carbons (Fsp3) is 0.750. The average molecular weight is 271 g/mol. The second kappa shape index (κ2) is 4.66. The first kappa shape index (κ1) is 13.5. The zero-order valence-electron chi connectivity index (χ0n) is 11.2. The van der Waals surface area contributed by atoms with Crippen molar-refractivity contribution >= 4 is 10.0 Å². The molecule has 1 heterocycles. The molecule has 2 rings (SSSR count). The van der Waals surface area contributed by atoms with E-state index < -0.39 is 10.0 Å². The maximum Gasteiger partial charge on any atom is 0.257 e. The van der Waals surface area contributed by atoms with Gasteiger partial charge in [0.25, 0.3) is 10.0 Å². The third-order valence-electron chi connectivity index (χ3n) is 3.50. The molecule has 0 radical (unpaired) electrons. The van der Waals surface area contributed by atoms with Crippen molar-refractivity contribution in [2.45, 2.75) is 57.5 Å². The Kier molecular flexibility index (Phi) is 3.51. The molecule has 6 heteroatoms. The van der Waals surface area contributed by atoms with Gasteiger partial charge in [0.05, 0.1) is 6.20 Å². The van der Waals surface area contributed by atoms with E-state index in [4.69, 9.17) is 0 Å². The third kappa shape index (κ3) is 3.11. The van der Waals surface area contributed by atoms with Gasteiger partial charge in [-0.3, -0.25) is 0 Å². The lowest BCUT2D eigenvalue weighted by atomic mass is 9.75. The van der Waals surface area contributed by atoms with E-state index in [1.807, 2.05) is 0 Å². The first-order chi connectivity index (χ1) is 8.28. The van der Waals surface area contributed by atoms with Gasteiger partial charge < -0.3 is 4.98 Å². The van der Waals surface area contributed by atoms with Crippen LogP contribution in [0.4, 0.5) is 0 Å². The number of nitrogens with one attached hydrogen (secondary N) is 2. The molecule has 0 aromatic carbocycles. The van der Waals surface area contributed by atoms with Crippen LogP contribution in [0.3, 0.4) is 0 Å². The number of aromatic amines is 1. The number of nitrogens with zero attached hydrogens (tertiary/aromatic N) is 1. The summed E-state index contributed by atoms with van der Waals surface area (Å²) in [5.74, 6) is 0.611. The topological polar surface area (TPSA) is 74.8 Å². The van der Waals surface area contributed by atoms with Crippen LogP contribution < -0.4 is 4.72 Å². The van der Waals surface area contributed by atoms with Crippen molar-refractivity contribution in [3.05, 3.63) is 12.0 Å². The molecule has 5 nitrogen and oxygen atoms in total. The summed E-state index contributed by atoms with van der Waals surface area (Å²) >= 11 is 0. The maximum absolute atomic E-state index is 12.1. The molecule has 0 saturated heterocycles. The number of H-pyrrole nitrogens is 1. The van der Waals surface area contributed by atoms with E-state index in [1.165, 1.54) is 6.20 Å². The summed E-state index contributed by atoms with van der Waals surface area (Å²) in [6.45, 7) is 6.12. The number of sulfonamides is 1. The first-order valence-electron chi connectivity index (χ1n) is 6.32. The van der Waals surface area contributed by atoms with Gasteiger partial charge in [-0.2, -0.15) is 0 Å².